The molecule has 74 valence electrons. The van der Waals surface area contributed by atoms with Crippen molar-refractivity contribution in [2.75, 3.05) is 7.05 Å². The fourth-order valence-corrected chi connectivity index (χ4v) is 1.46. The van der Waals surface area contributed by atoms with Gasteiger partial charge in [-0.2, -0.15) is 0 Å². The number of fused-ring (bicyclic) bond motifs is 1. The Balaban J connectivity index is 2.61. The fraction of sp³-hybridized carbons (Fsp3) is 0.0833. The topological polar surface area (TPSA) is 37.6 Å². The summed E-state index contributed by atoms with van der Waals surface area (Å²) in [6.45, 7) is 3.47. The second kappa shape index (κ2) is 4.00. The summed E-state index contributed by atoms with van der Waals surface area (Å²) in [6.07, 6.45) is 0. The zero-order valence-corrected chi connectivity index (χ0v) is 8.51. The molecular weight excluding hydrogens is 186 g/mol. The van der Waals surface area contributed by atoms with E-state index in [9.17, 15) is 0 Å². The lowest BCUT2D eigenvalue weighted by Crippen LogP contribution is -1.99. The molecule has 2 rings (SSSR count). The van der Waals surface area contributed by atoms with Gasteiger partial charge in [0.15, 0.2) is 5.84 Å². The summed E-state index contributed by atoms with van der Waals surface area (Å²) in [5.41, 5.74) is 1.70. The molecule has 0 atom stereocenters. The zero-order chi connectivity index (χ0) is 10.7. The molecule has 0 aliphatic carbocycles. The molecule has 2 aromatic rings. The number of hydrogen-bond donors (Lipinski definition) is 0. The lowest BCUT2D eigenvalue weighted by atomic mass is 10.2. The molecule has 3 heteroatoms. The highest BCUT2D eigenvalue weighted by molar-refractivity contribution is 6.01. The van der Waals surface area contributed by atoms with Gasteiger partial charge in [0.05, 0.1) is 5.52 Å². The Hall–Kier alpha value is -2.03. The minimum atomic E-state index is 0.570. The molecule has 0 aliphatic rings. The lowest BCUT2D eigenvalue weighted by Gasteiger charge is -2.01. The fourth-order valence-electron chi connectivity index (χ4n) is 1.46. The van der Waals surface area contributed by atoms with Gasteiger partial charge in [-0.3, -0.25) is 4.99 Å². The summed E-state index contributed by atoms with van der Waals surface area (Å²) in [5, 5.41) is 1.11. The Morgan fingerprint density at radius 3 is 2.73 bits per heavy atom. The van der Waals surface area contributed by atoms with Gasteiger partial charge < -0.3 is 0 Å². The average molecular weight is 197 g/mol. The summed E-state index contributed by atoms with van der Waals surface area (Å²) in [4.78, 5) is 12.3. The molecule has 15 heavy (non-hydrogen) atoms. The number of amidine groups is 1. The molecule has 3 nitrogen and oxygen atoms in total. The Labute approximate surface area is 88.2 Å². The van der Waals surface area contributed by atoms with Gasteiger partial charge in [-0.1, -0.05) is 24.3 Å². The van der Waals surface area contributed by atoms with Crippen LogP contribution in [0, 0.1) is 0 Å². The monoisotopic (exact) mass is 197 g/mol. The third-order valence-electron chi connectivity index (χ3n) is 2.19. The number of aliphatic imine (C=N–C) groups is 2. The van der Waals surface area contributed by atoms with E-state index in [1.54, 1.807) is 7.05 Å². The number of aromatic nitrogens is 1. The van der Waals surface area contributed by atoms with Crippen molar-refractivity contribution in [3.05, 3.63) is 42.1 Å². The van der Waals surface area contributed by atoms with Gasteiger partial charge >= 0.3 is 0 Å². The molecule has 0 saturated heterocycles. The minimum absolute atomic E-state index is 0.570. The third kappa shape index (κ3) is 1.76. The predicted octanol–water partition coefficient (Wildman–Crippen LogP) is 2.31. The second-order valence-electron chi connectivity index (χ2n) is 3.09. The first-order valence-corrected chi connectivity index (χ1v) is 4.65. The number of rotatable bonds is 1. The van der Waals surface area contributed by atoms with Crippen molar-refractivity contribution in [1.82, 2.24) is 4.98 Å². The summed E-state index contributed by atoms with van der Waals surface area (Å²) in [7, 11) is 1.68. The standard InChI is InChI=1S/C12H11N3/c1-13-12(14-2)11-8-7-9-5-3-4-6-10(9)15-11/h3-8H,1H2,2H3. The van der Waals surface area contributed by atoms with Crippen molar-refractivity contribution in [1.29, 1.82) is 0 Å². The van der Waals surface area contributed by atoms with Crippen molar-refractivity contribution < 1.29 is 0 Å². The van der Waals surface area contributed by atoms with E-state index >= 15 is 0 Å². The van der Waals surface area contributed by atoms with Gasteiger partial charge in [-0.25, -0.2) is 9.98 Å². The van der Waals surface area contributed by atoms with Crippen LogP contribution in [0.2, 0.25) is 0 Å². The first-order chi connectivity index (χ1) is 7.35. The van der Waals surface area contributed by atoms with Crippen LogP contribution in [-0.2, 0) is 0 Å². The summed E-state index contributed by atoms with van der Waals surface area (Å²) in [6, 6.07) is 11.9. The van der Waals surface area contributed by atoms with Crippen LogP contribution in [0.15, 0.2) is 46.4 Å². The highest BCUT2D eigenvalue weighted by atomic mass is 14.9. The first kappa shape index (κ1) is 9.52. The largest absolute Gasteiger partial charge is 0.268 e. The van der Waals surface area contributed by atoms with Crippen molar-refractivity contribution in [2.45, 2.75) is 0 Å². The molecule has 0 amide bonds. The van der Waals surface area contributed by atoms with E-state index in [2.05, 4.69) is 21.7 Å². The lowest BCUT2D eigenvalue weighted by molar-refractivity contribution is 1.31. The molecule has 0 radical (unpaired) electrons. The molecule has 0 unspecified atom stereocenters. The van der Waals surface area contributed by atoms with E-state index in [4.69, 9.17) is 0 Å². The van der Waals surface area contributed by atoms with Crippen molar-refractivity contribution >= 4 is 23.5 Å². The van der Waals surface area contributed by atoms with Crippen LogP contribution < -0.4 is 0 Å². The Bertz CT molecular complexity index is 529. The molecule has 0 N–H and O–H groups in total. The molecular formula is C12H11N3. The average Bonchev–Trinajstić information content (AvgIpc) is 2.30. The summed E-state index contributed by atoms with van der Waals surface area (Å²) in [5.74, 6) is 0.570. The van der Waals surface area contributed by atoms with Crippen LogP contribution in [0.4, 0.5) is 0 Å². The van der Waals surface area contributed by atoms with E-state index in [0.29, 0.717) is 5.84 Å². The Morgan fingerprint density at radius 1 is 1.20 bits per heavy atom. The van der Waals surface area contributed by atoms with Gasteiger partial charge in [0, 0.05) is 12.4 Å². The summed E-state index contributed by atoms with van der Waals surface area (Å²) < 4.78 is 0. The maximum atomic E-state index is 4.45. The second-order valence-corrected chi connectivity index (χ2v) is 3.09. The molecule has 1 aromatic carbocycles. The Kier molecular flexibility index (Phi) is 2.54. The number of pyridine rings is 1. The van der Waals surface area contributed by atoms with Crippen LogP contribution in [-0.4, -0.2) is 24.6 Å². The van der Waals surface area contributed by atoms with Crippen LogP contribution in [0.25, 0.3) is 10.9 Å². The van der Waals surface area contributed by atoms with Gasteiger partial charge in [0.2, 0.25) is 0 Å². The molecule has 0 fully saturated rings. The van der Waals surface area contributed by atoms with Crippen LogP contribution >= 0.6 is 0 Å². The summed E-state index contributed by atoms with van der Waals surface area (Å²) >= 11 is 0. The van der Waals surface area contributed by atoms with E-state index in [-0.39, 0.29) is 0 Å². The molecule has 0 aliphatic heterocycles. The molecule has 0 saturated carbocycles. The highest BCUT2D eigenvalue weighted by Gasteiger charge is 2.02. The van der Waals surface area contributed by atoms with Crippen LogP contribution in [0.3, 0.4) is 0 Å². The molecule has 0 spiro atoms. The quantitative estimate of drug-likeness (QED) is 0.510. The van der Waals surface area contributed by atoms with E-state index < -0.39 is 0 Å². The van der Waals surface area contributed by atoms with Gasteiger partial charge in [0.1, 0.15) is 5.69 Å². The Morgan fingerprint density at radius 2 is 2.00 bits per heavy atom. The normalized spacial score (nSPS) is 11.7. The van der Waals surface area contributed by atoms with E-state index in [1.807, 2.05) is 36.4 Å². The SMILES string of the molecule is C=NC(=NC)c1ccc2ccccc2n1. The molecule has 0 bridgehead atoms. The number of benzene rings is 1. The maximum absolute atomic E-state index is 4.45. The van der Waals surface area contributed by atoms with Gasteiger partial charge in [0.25, 0.3) is 0 Å². The number of para-hydroxylation sites is 1. The third-order valence-corrected chi connectivity index (χ3v) is 2.19. The maximum Gasteiger partial charge on any atom is 0.172 e. The highest BCUT2D eigenvalue weighted by Crippen LogP contribution is 2.12. The zero-order valence-electron chi connectivity index (χ0n) is 8.51. The molecule has 1 heterocycles. The van der Waals surface area contributed by atoms with Crippen molar-refractivity contribution in [3.8, 4) is 0 Å². The number of nitrogens with zero attached hydrogens (tertiary/aromatic N) is 3. The first-order valence-electron chi connectivity index (χ1n) is 4.65. The van der Waals surface area contributed by atoms with Crippen molar-refractivity contribution in [3.63, 3.8) is 0 Å². The van der Waals surface area contributed by atoms with Gasteiger partial charge in [-0.05, 0) is 18.9 Å². The van der Waals surface area contributed by atoms with Gasteiger partial charge in [-0.15, -0.1) is 0 Å². The minimum Gasteiger partial charge on any atom is -0.268 e. The molecule has 1 aromatic heterocycles. The smallest absolute Gasteiger partial charge is 0.172 e. The van der Waals surface area contributed by atoms with E-state index in [0.717, 1.165) is 16.6 Å². The van der Waals surface area contributed by atoms with Crippen LogP contribution in [0.5, 0.6) is 0 Å². The number of hydrogen-bond acceptors (Lipinski definition) is 2. The van der Waals surface area contributed by atoms with Crippen molar-refractivity contribution in [2.24, 2.45) is 9.98 Å². The van der Waals surface area contributed by atoms with E-state index in [1.165, 1.54) is 0 Å². The predicted molar refractivity (Wildman–Crippen MR) is 63.8 cm³/mol. The van der Waals surface area contributed by atoms with Crippen LogP contribution in [0.1, 0.15) is 5.69 Å².